The standard InChI is InChI=1S/C17H21FN4O2/c1-11-6-8-21(9-7-11)17(24)14-10-15(16(19)23)22(20-14)13-4-2-12(18)3-5-13/h2-5,11,15H,6-10H2,1H3,(H2,19,23). The van der Waals surface area contributed by atoms with Crippen molar-refractivity contribution in [2.45, 2.75) is 32.2 Å². The highest BCUT2D eigenvalue weighted by molar-refractivity contribution is 6.40. The molecule has 1 saturated heterocycles. The zero-order chi connectivity index (χ0) is 17.3. The number of nitrogens with zero attached hydrogens (tertiary/aromatic N) is 3. The Hall–Kier alpha value is -2.44. The van der Waals surface area contributed by atoms with Crippen molar-refractivity contribution in [1.29, 1.82) is 0 Å². The van der Waals surface area contributed by atoms with E-state index in [1.807, 2.05) is 0 Å². The molecule has 2 heterocycles. The molecule has 0 saturated carbocycles. The molecule has 2 amide bonds. The quantitative estimate of drug-likeness (QED) is 0.911. The zero-order valence-corrected chi connectivity index (χ0v) is 13.6. The fourth-order valence-corrected chi connectivity index (χ4v) is 3.09. The summed E-state index contributed by atoms with van der Waals surface area (Å²) in [6, 6.07) is 4.89. The Balaban J connectivity index is 1.81. The highest BCUT2D eigenvalue weighted by Crippen LogP contribution is 2.26. The largest absolute Gasteiger partial charge is 0.368 e. The van der Waals surface area contributed by atoms with Crippen molar-refractivity contribution >= 4 is 23.2 Å². The van der Waals surface area contributed by atoms with E-state index in [0.29, 0.717) is 30.4 Å². The van der Waals surface area contributed by atoms with Crippen LogP contribution in [0, 0.1) is 11.7 Å². The van der Waals surface area contributed by atoms with E-state index in [1.54, 1.807) is 4.90 Å². The number of carbonyl (C=O) groups excluding carboxylic acids is 2. The molecule has 24 heavy (non-hydrogen) atoms. The summed E-state index contributed by atoms with van der Waals surface area (Å²) < 4.78 is 13.1. The number of rotatable bonds is 3. The van der Waals surface area contributed by atoms with Crippen molar-refractivity contribution < 1.29 is 14.0 Å². The molecule has 2 N–H and O–H groups in total. The number of nitrogens with two attached hydrogens (primary N) is 1. The second kappa shape index (κ2) is 6.59. The number of carbonyl (C=O) groups is 2. The minimum Gasteiger partial charge on any atom is -0.368 e. The molecule has 7 heteroatoms. The van der Waals surface area contributed by atoms with Gasteiger partial charge in [0.1, 0.15) is 17.6 Å². The molecular formula is C17H21FN4O2. The number of hydrazone groups is 1. The van der Waals surface area contributed by atoms with E-state index in [4.69, 9.17) is 5.73 Å². The van der Waals surface area contributed by atoms with E-state index >= 15 is 0 Å². The van der Waals surface area contributed by atoms with Crippen LogP contribution in [0.5, 0.6) is 0 Å². The second-order valence-corrected chi connectivity index (χ2v) is 6.46. The molecule has 1 aromatic rings. The average Bonchev–Trinajstić information content (AvgIpc) is 3.01. The maximum absolute atomic E-state index is 13.1. The number of anilines is 1. The molecular weight excluding hydrogens is 311 g/mol. The summed E-state index contributed by atoms with van der Waals surface area (Å²) in [6.45, 7) is 3.59. The molecule has 128 valence electrons. The number of likely N-dealkylation sites (tertiary alicyclic amines) is 1. The Labute approximate surface area is 140 Å². The van der Waals surface area contributed by atoms with E-state index in [-0.39, 0.29) is 18.1 Å². The summed E-state index contributed by atoms with van der Waals surface area (Å²) in [5, 5.41) is 5.74. The van der Waals surface area contributed by atoms with Gasteiger partial charge in [-0.3, -0.25) is 14.6 Å². The SMILES string of the molecule is CC1CCN(C(=O)C2=NN(c3ccc(F)cc3)C(C(N)=O)C2)CC1. The van der Waals surface area contributed by atoms with Crippen molar-refractivity contribution in [3.63, 3.8) is 0 Å². The number of hydrogen-bond donors (Lipinski definition) is 1. The predicted octanol–water partition coefficient (Wildman–Crippen LogP) is 1.50. The molecule has 1 fully saturated rings. The van der Waals surface area contributed by atoms with Gasteiger partial charge in [-0.25, -0.2) is 4.39 Å². The third-order valence-electron chi connectivity index (χ3n) is 4.65. The van der Waals surface area contributed by atoms with Gasteiger partial charge in [0.25, 0.3) is 5.91 Å². The Morgan fingerprint density at radius 2 is 1.83 bits per heavy atom. The minimum absolute atomic E-state index is 0.141. The Morgan fingerprint density at radius 3 is 2.42 bits per heavy atom. The van der Waals surface area contributed by atoms with Crippen LogP contribution in [0.15, 0.2) is 29.4 Å². The van der Waals surface area contributed by atoms with Crippen molar-refractivity contribution in [2.75, 3.05) is 18.1 Å². The third kappa shape index (κ3) is 3.25. The van der Waals surface area contributed by atoms with Crippen LogP contribution in [0.1, 0.15) is 26.2 Å². The molecule has 6 nitrogen and oxygen atoms in total. The monoisotopic (exact) mass is 332 g/mol. The minimum atomic E-state index is -0.724. The van der Waals surface area contributed by atoms with E-state index in [0.717, 1.165) is 12.8 Å². The maximum atomic E-state index is 13.1. The van der Waals surface area contributed by atoms with Crippen molar-refractivity contribution in [3.8, 4) is 0 Å². The molecule has 0 spiro atoms. The number of halogens is 1. The van der Waals surface area contributed by atoms with Crippen molar-refractivity contribution in [1.82, 2.24) is 4.90 Å². The van der Waals surface area contributed by atoms with Gasteiger partial charge >= 0.3 is 0 Å². The van der Waals surface area contributed by atoms with E-state index in [9.17, 15) is 14.0 Å². The number of amides is 2. The van der Waals surface area contributed by atoms with Gasteiger partial charge in [0.05, 0.1) is 5.69 Å². The normalized spacial score (nSPS) is 21.8. The molecule has 2 aliphatic heterocycles. The lowest BCUT2D eigenvalue weighted by Gasteiger charge is -2.30. The van der Waals surface area contributed by atoms with Gasteiger partial charge in [-0.1, -0.05) is 6.92 Å². The Kier molecular flexibility index (Phi) is 4.51. The summed E-state index contributed by atoms with van der Waals surface area (Å²) in [5.74, 6) is -0.458. The van der Waals surface area contributed by atoms with Gasteiger partial charge in [-0.2, -0.15) is 5.10 Å². The highest BCUT2D eigenvalue weighted by atomic mass is 19.1. The van der Waals surface area contributed by atoms with Gasteiger partial charge in [0.15, 0.2) is 0 Å². The van der Waals surface area contributed by atoms with E-state index < -0.39 is 11.9 Å². The van der Waals surface area contributed by atoms with Crippen LogP contribution in [0.25, 0.3) is 0 Å². The van der Waals surface area contributed by atoms with Crippen LogP contribution in [-0.2, 0) is 9.59 Å². The van der Waals surface area contributed by atoms with Crippen LogP contribution in [0.3, 0.4) is 0 Å². The summed E-state index contributed by atoms with van der Waals surface area (Å²) >= 11 is 0. The summed E-state index contributed by atoms with van der Waals surface area (Å²) in [6.07, 6.45) is 2.12. The van der Waals surface area contributed by atoms with Crippen LogP contribution >= 0.6 is 0 Å². The molecule has 0 aliphatic carbocycles. The summed E-state index contributed by atoms with van der Waals surface area (Å²) in [4.78, 5) is 26.2. The Morgan fingerprint density at radius 1 is 1.21 bits per heavy atom. The van der Waals surface area contributed by atoms with Gasteiger partial charge in [-0.05, 0) is 43.0 Å². The fraction of sp³-hybridized carbons (Fsp3) is 0.471. The van der Waals surface area contributed by atoms with Gasteiger partial charge in [-0.15, -0.1) is 0 Å². The number of primary amides is 1. The number of hydrogen-bond acceptors (Lipinski definition) is 4. The highest BCUT2D eigenvalue weighted by Gasteiger charge is 2.37. The first-order chi connectivity index (χ1) is 11.5. The maximum Gasteiger partial charge on any atom is 0.270 e. The summed E-state index contributed by atoms with van der Waals surface area (Å²) in [7, 11) is 0. The fourth-order valence-electron chi connectivity index (χ4n) is 3.09. The van der Waals surface area contributed by atoms with E-state index in [1.165, 1.54) is 29.3 Å². The molecule has 1 atom stereocenters. The van der Waals surface area contributed by atoms with Gasteiger partial charge in [0.2, 0.25) is 5.91 Å². The Bertz CT molecular complexity index is 666. The molecule has 2 aliphatic rings. The number of benzene rings is 1. The first-order valence-corrected chi connectivity index (χ1v) is 8.16. The lowest BCUT2D eigenvalue weighted by molar-refractivity contribution is -0.125. The van der Waals surface area contributed by atoms with Crippen LogP contribution in [0.4, 0.5) is 10.1 Å². The van der Waals surface area contributed by atoms with Crippen LogP contribution in [-0.4, -0.2) is 41.6 Å². The number of piperidine rings is 1. The molecule has 1 aromatic carbocycles. The predicted molar refractivity (Wildman–Crippen MR) is 88.9 cm³/mol. The average molecular weight is 332 g/mol. The zero-order valence-electron chi connectivity index (χ0n) is 13.6. The third-order valence-corrected chi connectivity index (χ3v) is 4.65. The van der Waals surface area contributed by atoms with Crippen LogP contribution < -0.4 is 10.7 Å². The molecule has 0 aromatic heterocycles. The van der Waals surface area contributed by atoms with Crippen molar-refractivity contribution in [3.05, 3.63) is 30.1 Å². The molecule has 0 radical (unpaired) electrons. The molecule has 1 unspecified atom stereocenters. The lowest BCUT2D eigenvalue weighted by atomic mass is 9.98. The first-order valence-electron chi connectivity index (χ1n) is 8.16. The second-order valence-electron chi connectivity index (χ2n) is 6.46. The van der Waals surface area contributed by atoms with Crippen molar-refractivity contribution in [2.24, 2.45) is 16.8 Å². The van der Waals surface area contributed by atoms with Crippen LogP contribution in [0.2, 0.25) is 0 Å². The lowest BCUT2D eigenvalue weighted by Crippen LogP contribution is -2.42. The topological polar surface area (TPSA) is 79.0 Å². The van der Waals surface area contributed by atoms with E-state index in [2.05, 4.69) is 12.0 Å². The van der Waals surface area contributed by atoms with Gasteiger partial charge < -0.3 is 10.6 Å². The smallest absolute Gasteiger partial charge is 0.270 e. The van der Waals surface area contributed by atoms with Gasteiger partial charge in [0, 0.05) is 19.5 Å². The first kappa shape index (κ1) is 16.4. The molecule has 0 bridgehead atoms. The molecule has 3 rings (SSSR count). The summed E-state index contributed by atoms with van der Waals surface area (Å²) in [5.41, 5.74) is 6.33.